The van der Waals surface area contributed by atoms with Crippen molar-refractivity contribution in [2.45, 2.75) is 52.4 Å². The molecule has 4 heterocycles. The van der Waals surface area contributed by atoms with Crippen LogP contribution in [0.25, 0.3) is 11.3 Å². The summed E-state index contributed by atoms with van der Waals surface area (Å²) in [5.41, 5.74) is 4.67. The Morgan fingerprint density at radius 2 is 1.46 bits per heavy atom. The second-order valence-electron chi connectivity index (χ2n) is 8.43. The summed E-state index contributed by atoms with van der Waals surface area (Å²) in [4.78, 5) is 8.38. The Kier molecular flexibility index (Phi) is 4.52. The molecule has 6 nitrogen and oxygen atoms in total. The maximum Gasteiger partial charge on any atom is 0.158 e. The van der Waals surface area contributed by atoms with Gasteiger partial charge in [-0.15, -0.1) is 0 Å². The van der Waals surface area contributed by atoms with Crippen LogP contribution in [0.4, 0.5) is 0 Å². The summed E-state index contributed by atoms with van der Waals surface area (Å²) < 4.78 is 3.58. The summed E-state index contributed by atoms with van der Waals surface area (Å²) in [5.74, 6) is 0. The molecule has 0 unspecified atom stereocenters. The van der Waals surface area contributed by atoms with E-state index in [0.717, 1.165) is 11.3 Å². The lowest BCUT2D eigenvalue weighted by Crippen LogP contribution is -2.13. The molecule has 6 heteroatoms. The van der Waals surface area contributed by atoms with Gasteiger partial charge in [-0.25, -0.2) is 19.0 Å². The second kappa shape index (κ2) is 6.52. The molecule has 4 rings (SSSR count). The zero-order valence-corrected chi connectivity index (χ0v) is 16.3. The molecule has 0 spiro atoms. The number of hydrogen-bond acceptors (Lipinski definition) is 4. The largest absolute Gasteiger partial charge is 0.221 e. The molecule has 136 valence electrons. The number of hydrogen-bond donors (Lipinski definition) is 0. The highest BCUT2D eigenvalue weighted by Crippen LogP contribution is 2.24. The molecule has 26 heavy (non-hydrogen) atoms. The van der Waals surface area contributed by atoms with Crippen molar-refractivity contribution in [3.63, 3.8) is 0 Å². The first kappa shape index (κ1) is 18.0. The monoisotopic (exact) mass is 350 g/mol. The minimum Gasteiger partial charge on any atom is -0.221 e. The summed E-state index contributed by atoms with van der Waals surface area (Å²) in [6.45, 7) is 13.1. The standard InChI is InChI=1S/2C10H13N3/c1-10(2,3)8-4-5-13-9(6-8)11-7-12-13;1-10(2,3)8-5-4-6-13-9(8)11-7-12-13/h2*4-7H,1-3H3. The lowest BCUT2D eigenvalue weighted by atomic mass is 9.88. The molecular weight excluding hydrogens is 324 g/mol. The van der Waals surface area contributed by atoms with Gasteiger partial charge in [0.25, 0.3) is 0 Å². The molecule has 4 aromatic heterocycles. The van der Waals surface area contributed by atoms with Gasteiger partial charge in [0.2, 0.25) is 0 Å². The van der Waals surface area contributed by atoms with Crippen LogP contribution < -0.4 is 0 Å². The molecule has 0 N–H and O–H groups in total. The molecule has 0 atom stereocenters. The van der Waals surface area contributed by atoms with Crippen molar-refractivity contribution in [3.8, 4) is 0 Å². The van der Waals surface area contributed by atoms with E-state index in [2.05, 4.69) is 79.9 Å². The van der Waals surface area contributed by atoms with Crippen LogP contribution in [0, 0.1) is 0 Å². The van der Waals surface area contributed by atoms with Gasteiger partial charge in [0.1, 0.15) is 12.7 Å². The molecule has 0 amide bonds. The maximum atomic E-state index is 4.24. The highest BCUT2D eigenvalue weighted by atomic mass is 15.3. The molecule has 0 radical (unpaired) electrons. The van der Waals surface area contributed by atoms with E-state index in [-0.39, 0.29) is 10.8 Å². The van der Waals surface area contributed by atoms with Crippen molar-refractivity contribution in [2.24, 2.45) is 0 Å². The van der Waals surface area contributed by atoms with Crippen LogP contribution >= 0.6 is 0 Å². The van der Waals surface area contributed by atoms with E-state index in [1.54, 1.807) is 21.7 Å². The van der Waals surface area contributed by atoms with Crippen molar-refractivity contribution < 1.29 is 0 Å². The Morgan fingerprint density at radius 1 is 0.769 bits per heavy atom. The van der Waals surface area contributed by atoms with Crippen molar-refractivity contribution in [2.75, 3.05) is 0 Å². The summed E-state index contributed by atoms with van der Waals surface area (Å²) in [7, 11) is 0. The van der Waals surface area contributed by atoms with Gasteiger partial charge in [-0.1, -0.05) is 47.6 Å². The molecule has 0 aliphatic rings. The third-order valence-corrected chi connectivity index (χ3v) is 4.26. The molecule has 0 aliphatic carbocycles. The number of pyridine rings is 2. The molecular formula is C20H26N6. The average Bonchev–Trinajstić information content (AvgIpc) is 3.21. The van der Waals surface area contributed by atoms with Gasteiger partial charge in [-0.2, -0.15) is 10.2 Å². The van der Waals surface area contributed by atoms with E-state index in [4.69, 9.17) is 0 Å². The number of fused-ring (bicyclic) bond motifs is 2. The quantitative estimate of drug-likeness (QED) is 0.480. The lowest BCUT2D eigenvalue weighted by molar-refractivity contribution is 0.589. The first-order valence-corrected chi connectivity index (χ1v) is 8.75. The third kappa shape index (κ3) is 3.74. The van der Waals surface area contributed by atoms with E-state index in [1.165, 1.54) is 11.1 Å². The number of rotatable bonds is 0. The van der Waals surface area contributed by atoms with E-state index < -0.39 is 0 Å². The first-order chi connectivity index (χ1) is 12.2. The van der Waals surface area contributed by atoms with Gasteiger partial charge in [-0.05, 0) is 34.6 Å². The van der Waals surface area contributed by atoms with E-state index in [9.17, 15) is 0 Å². The Balaban J connectivity index is 0.000000151. The van der Waals surface area contributed by atoms with Crippen LogP contribution in [0.15, 0.2) is 49.3 Å². The lowest BCUT2D eigenvalue weighted by Gasteiger charge is -2.18. The highest BCUT2D eigenvalue weighted by molar-refractivity contribution is 5.49. The van der Waals surface area contributed by atoms with Crippen molar-refractivity contribution >= 4 is 11.3 Å². The predicted octanol–water partition coefficient (Wildman–Crippen LogP) is 4.05. The molecule has 0 bridgehead atoms. The van der Waals surface area contributed by atoms with Crippen molar-refractivity contribution in [1.82, 2.24) is 29.2 Å². The van der Waals surface area contributed by atoms with Gasteiger partial charge in [-0.3, -0.25) is 0 Å². The fraction of sp³-hybridized carbons (Fsp3) is 0.400. The SMILES string of the molecule is CC(C)(C)c1cccn2ncnc12.CC(C)(C)c1ccn2ncnc2c1. The van der Waals surface area contributed by atoms with Crippen LogP contribution in [-0.4, -0.2) is 29.2 Å². The number of aromatic nitrogens is 6. The minimum absolute atomic E-state index is 0.121. The fourth-order valence-corrected chi connectivity index (χ4v) is 2.71. The smallest absolute Gasteiger partial charge is 0.158 e. The third-order valence-electron chi connectivity index (χ3n) is 4.26. The molecule has 0 fully saturated rings. The van der Waals surface area contributed by atoms with E-state index in [1.807, 2.05) is 18.5 Å². The minimum atomic E-state index is 0.121. The summed E-state index contributed by atoms with van der Waals surface area (Å²) in [6, 6.07) is 8.26. The zero-order valence-electron chi connectivity index (χ0n) is 16.3. The molecule has 0 saturated carbocycles. The predicted molar refractivity (Wildman–Crippen MR) is 103 cm³/mol. The van der Waals surface area contributed by atoms with Crippen LogP contribution in [0.1, 0.15) is 52.7 Å². The maximum absolute atomic E-state index is 4.24. The molecule has 0 saturated heterocycles. The summed E-state index contributed by atoms with van der Waals surface area (Å²) >= 11 is 0. The molecule has 4 aromatic rings. The Labute approximate surface area is 153 Å². The zero-order chi connectivity index (χ0) is 18.9. The Bertz CT molecular complexity index is 1010. The Hall–Kier alpha value is -2.76. The summed E-state index contributed by atoms with van der Waals surface area (Å²) in [5, 5.41) is 8.15. The van der Waals surface area contributed by atoms with Crippen LogP contribution in [0.2, 0.25) is 0 Å². The van der Waals surface area contributed by atoms with Gasteiger partial charge in [0.15, 0.2) is 11.3 Å². The van der Waals surface area contributed by atoms with Gasteiger partial charge >= 0.3 is 0 Å². The molecule has 0 aliphatic heterocycles. The number of nitrogens with zero attached hydrogens (tertiary/aromatic N) is 6. The van der Waals surface area contributed by atoms with Gasteiger partial charge in [0, 0.05) is 18.0 Å². The topological polar surface area (TPSA) is 60.4 Å². The van der Waals surface area contributed by atoms with Crippen molar-refractivity contribution in [1.29, 1.82) is 0 Å². The highest BCUT2D eigenvalue weighted by Gasteiger charge is 2.17. The van der Waals surface area contributed by atoms with Crippen molar-refractivity contribution in [3.05, 3.63) is 60.4 Å². The normalized spacial score (nSPS) is 12.2. The van der Waals surface area contributed by atoms with Crippen LogP contribution in [0.5, 0.6) is 0 Å². The van der Waals surface area contributed by atoms with Crippen LogP contribution in [0.3, 0.4) is 0 Å². The fourth-order valence-electron chi connectivity index (χ4n) is 2.71. The molecule has 0 aromatic carbocycles. The van der Waals surface area contributed by atoms with Crippen LogP contribution in [-0.2, 0) is 10.8 Å². The average molecular weight is 350 g/mol. The Morgan fingerprint density at radius 3 is 2.15 bits per heavy atom. The van der Waals surface area contributed by atoms with E-state index >= 15 is 0 Å². The summed E-state index contributed by atoms with van der Waals surface area (Å²) in [6.07, 6.45) is 7.02. The van der Waals surface area contributed by atoms with Gasteiger partial charge < -0.3 is 0 Å². The van der Waals surface area contributed by atoms with E-state index in [0.29, 0.717) is 0 Å². The van der Waals surface area contributed by atoms with Gasteiger partial charge in [0.05, 0.1) is 0 Å². The second-order valence-corrected chi connectivity index (χ2v) is 8.43. The first-order valence-electron chi connectivity index (χ1n) is 8.75.